The third kappa shape index (κ3) is 3.66. The van der Waals surface area contributed by atoms with Gasteiger partial charge in [0, 0.05) is 19.2 Å². The van der Waals surface area contributed by atoms with Crippen molar-refractivity contribution in [2.75, 3.05) is 12.3 Å². The number of rotatable bonds is 5. The summed E-state index contributed by atoms with van der Waals surface area (Å²) in [5.41, 5.74) is 0. The zero-order chi connectivity index (χ0) is 11.1. The molecule has 0 fully saturated rings. The molecule has 1 atom stereocenters. The predicted octanol–water partition coefficient (Wildman–Crippen LogP) is 0.132. The van der Waals surface area contributed by atoms with Crippen LogP contribution in [0.4, 0.5) is 0 Å². The van der Waals surface area contributed by atoms with Gasteiger partial charge in [0.15, 0.2) is 0 Å². The smallest absolute Gasteiger partial charge is 0.327 e. The quantitative estimate of drug-likeness (QED) is 0.640. The van der Waals surface area contributed by atoms with E-state index in [0.29, 0.717) is 0 Å². The molecule has 14 heavy (non-hydrogen) atoms. The zero-order valence-corrected chi connectivity index (χ0v) is 8.70. The van der Waals surface area contributed by atoms with Crippen molar-refractivity contribution in [3.63, 3.8) is 0 Å². The highest BCUT2D eigenvalue weighted by Crippen LogP contribution is 2.04. The third-order valence-electron chi connectivity index (χ3n) is 1.70. The van der Waals surface area contributed by atoms with E-state index in [9.17, 15) is 9.59 Å². The molecular weight excluding hydrogens is 204 g/mol. The molecule has 0 rings (SSSR count). The molecule has 0 heterocycles. The number of nitrogens with zero attached hydrogens (tertiary/aromatic N) is 2. The van der Waals surface area contributed by atoms with Gasteiger partial charge in [0.1, 0.15) is 6.04 Å². The standard InChI is InChI=1S/C8H12N2O3S/c1-6(11)10(4-2-3-9)7(5-14)8(12)13/h7,14H,2,4-5H2,1H3,(H,12,13)/t7-/m0/s1. The van der Waals surface area contributed by atoms with Crippen molar-refractivity contribution in [2.45, 2.75) is 19.4 Å². The third-order valence-corrected chi connectivity index (χ3v) is 2.05. The SMILES string of the molecule is CC(=O)N(CCC#N)[C@@H](CS)C(=O)O. The zero-order valence-electron chi connectivity index (χ0n) is 7.80. The summed E-state index contributed by atoms with van der Waals surface area (Å²) >= 11 is 3.85. The number of hydrogen-bond donors (Lipinski definition) is 2. The molecule has 0 aromatic carbocycles. The van der Waals surface area contributed by atoms with Crippen LogP contribution in [0.3, 0.4) is 0 Å². The van der Waals surface area contributed by atoms with Crippen molar-refractivity contribution in [3.05, 3.63) is 0 Å². The van der Waals surface area contributed by atoms with E-state index in [4.69, 9.17) is 10.4 Å². The average molecular weight is 216 g/mol. The van der Waals surface area contributed by atoms with Crippen molar-refractivity contribution < 1.29 is 14.7 Å². The monoisotopic (exact) mass is 216 g/mol. The van der Waals surface area contributed by atoms with Crippen molar-refractivity contribution in [1.29, 1.82) is 5.26 Å². The fraction of sp³-hybridized carbons (Fsp3) is 0.625. The number of thiol groups is 1. The molecule has 1 amide bonds. The predicted molar refractivity (Wildman–Crippen MR) is 52.9 cm³/mol. The summed E-state index contributed by atoms with van der Waals surface area (Å²) in [6.07, 6.45) is 0.122. The number of aliphatic carboxylic acids is 1. The Hall–Kier alpha value is -1.22. The number of amides is 1. The van der Waals surface area contributed by atoms with Gasteiger partial charge in [-0.2, -0.15) is 17.9 Å². The van der Waals surface area contributed by atoms with Gasteiger partial charge in [-0.05, 0) is 0 Å². The molecule has 1 N–H and O–H groups in total. The van der Waals surface area contributed by atoms with Gasteiger partial charge in [0.05, 0.1) is 12.5 Å². The van der Waals surface area contributed by atoms with Crippen LogP contribution < -0.4 is 0 Å². The summed E-state index contributed by atoms with van der Waals surface area (Å²) in [5.74, 6) is -1.42. The first kappa shape index (κ1) is 12.8. The van der Waals surface area contributed by atoms with Crippen LogP contribution in [0.5, 0.6) is 0 Å². The van der Waals surface area contributed by atoms with Gasteiger partial charge < -0.3 is 10.0 Å². The van der Waals surface area contributed by atoms with E-state index >= 15 is 0 Å². The lowest BCUT2D eigenvalue weighted by molar-refractivity contribution is -0.148. The summed E-state index contributed by atoms with van der Waals surface area (Å²) in [7, 11) is 0. The number of carboxylic acid groups (broad SMARTS) is 1. The van der Waals surface area contributed by atoms with E-state index in [-0.39, 0.29) is 24.6 Å². The largest absolute Gasteiger partial charge is 0.480 e. The molecule has 6 heteroatoms. The van der Waals surface area contributed by atoms with Crippen LogP contribution >= 0.6 is 12.6 Å². The van der Waals surface area contributed by atoms with Crippen LogP contribution in [0.2, 0.25) is 0 Å². The van der Waals surface area contributed by atoms with Crippen molar-refractivity contribution >= 4 is 24.5 Å². The molecule has 78 valence electrons. The molecule has 5 nitrogen and oxygen atoms in total. The van der Waals surface area contributed by atoms with E-state index in [0.717, 1.165) is 4.90 Å². The van der Waals surface area contributed by atoms with Gasteiger partial charge >= 0.3 is 5.97 Å². The van der Waals surface area contributed by atoms with Crippen LogP contribution in [0.1, 0.15) is 13.3 Å². The van der Waals surface area contributed by atoms with E-state index < -0.39 is 12.0 Å². The molecule has 0 spiro atoms. The van der Waals surface area contributed by atoms with Crippen molar-refractivity contribution in [3.8, 4) is 6.07 Å². The van der Waals surface area contributed by atoms with Crippen molar-refractivity contribution in [1.82, 2.24) is 4.90 Å². The van der Waals surface area contributed by atoms with E-state index in [1.165, 1.54) is 6.92 Å². The van der Waals surface area contributed by atoms with Gasteiger partial charge in [0.25, 0.3) is 0 Å². The number of carboxylic acids is 1. The molecule has 0 aliphatic heterocycles. The van der Waals surface area contributed by atoms with Crippen LogP contribution in [0, 0.1) is 11.3 Å². The normalized spacial score (nSPS) is 11.5. The highest BCUT2D eigenvalue weighted by molar-refractivity contribution is 7.80. The Kier molecular flexibility index (Phi) is 5.72. The maximum atomic E-state index is 11.1. The van der Waals surface area contributed by atoms with E-state index in [2.05, 4.69) is 12.6 Å². The van der Waals surface area contributed by atoms with Crippen LogP contribution in [-0.2, 0) is 9.59 Å². The molecule has 0 unspecified atom stereocenters. The Bertz CT molecular complexity index is 262. The van der Waals surface area contributed by atoms with Gasteiger partial charge in [-0.1, -0.05) is 0 Å². The maximum absolute atomic E-state index is 11.1. The number of carbonyl (C=O) groups excluding carboxylic acids is 1. The molecule has 0 saturated heterocycles. The summed E-state index contributed by atoms with van der Waals surface area (Å²) < 4.78 is 0. The van der Waals surface area contributed by atoms with E-state index in [1.807, 2.05) is 6.07 Å². The lowest BCUT2D eigenvalue weighted by Gasteiger charge is -2.25. The Morgan fingerprint density at radius 1 is 1.64 bits per heavy atom. The Labute approximate surface area is 87.7 Å². The molecule has 0 aliphatic rings. The average Bonchev–Trinajstić information content (AvgIpc) is 2.10. The Morgan fingerprint density at radius 3 is 2.50 bits per heavy atom. The molecular formula is C8H12N2O3S. The summed E-state index contributed by atoms with van der Waals surface area (Å²) in [6, 6.07) is 0.905. The second kappa shape index (κ2) is 6.27. The lowest BCUT2D eigenvalue weighted by atomic mass is 10.2. The summed E-state index contributed by atoms with van der Waals surface area (Å²) in [6.45, 7) is 1.40. The first-order valence-corrected chi connectivity index (χ1v) is 4.65. The van der Waals surface area contributed by atoms with Crippen LogP contribution in [0.15, 0.2) is 0 Å². The van der Waals surface area contributed by atoms with Crippen molar-refractivity contribution in [2.24, 2.45) is 0 Å². The lowest BCUT2D eigenvalue weighted by Crippen LogP contribution is -2.45. The molecule has 0 saturated carbocycles. The van der Waals surface area contributed by atoms with Crippen LogP contribution in [-0.4, -0.2) is 40.2 Å². The summed E-state index contributed by atoms with van der Waals surface area (Å²) in [5, 5.41) is 17.1. The minimum atomic E-state index is -1.10. The minimum Gasteiger partial charge on any atom is -0.480 e. The molecule has 0 aromatic heterocycles. The van der Waals surface area contributed by atoms with Gasteiger partial charge in [-0.25, -0.2) is 4.79 Å². The van der Waals surface area contributed by atoms with E-state index in [1.54, 1.807) is 0 Å². The molecule has 0 aromatic rings. The molecule has 0 radical (unpaired) electrons. The van der Waals surface area contributed by atoms with Gasteiger partial charge in [-0.15, -0.1) is 0 Å². The first-order valence-electron chi connectivity index (χ1n) is 4.02. The second-order valence-electron chi connectivity index (χ2n) is 2.66. The van der Waals surface area contributed by atoms with Gasteiger partial charge in [0.2, 0.25) is 5.91 Å². The molecule has 0 aliphatic carbocycles. The fourth-order valence-electron chi connectivity index (χ4n) is 1.01. The maximum Gasteiger partial charge on any atom is 0.327 e. The Morgan fingerprint density at radius 2 is 2.21 bits per heavy atom. The minimum absolute atomic E-state index is 0.0420. The topological polar surface area (TPSA) is 81.4 Å². The number of nitriles is 1. The number of carbonyl (C=O) groups is 2. The highest BCUT2D eigenvalue weighted by Gasteiger charge is 2.25. The first-order chi connectivity index (χ1) is 6.54. The van der Waals surface area contributed by atoms with Gasteiger partial charge in [-0.3, -0.25) is 4.79 Å². The van der Waals surface area contributed by atoms with Crippen LogP contribution in [0.25, 0.3) is 0 Å². The highest BCUT2D eigenvalue weighted by atomic mass is 32.1. The number of hydrogen-bond acceptors (Lipinski definition) is 4. The Balaban J connectivity index is 4.53. The molecule has 0 bridgehead atoms. The second-order valence-corrected chi connectivity index (χ2v) is 3.02. The fourth-order valence-corrected chi connectivity index (χ4v) is 1.37. The summed E-state index contributed by atoms with van der Waals surface area (Å²) in [4.78, 5) is 22.9.